The maximum atomic E-state index is 15.6. The monoisotopic (exact) mass is 564 g/mol. The van der Waals surface area contributed by atoms with Crippen LogP contribution in [0.5, 0.6) is 0 Å². The quantitative estimate of drug-likeness (QED) is 0.336. The fraction of sp³-hybridized carbons (Fsp3) is 0.500. The van der Waals surface area contributed by atoms with Crippen LogP contribution in [0, 0.1) is 5.82 Å². The zero-order valence-electron chi connectivity index (χ0n) is 24.2. The number of nitrogens with zero attached hydrogens (tertiary/aromatic N) is 4. The number of hydrogen-bond donors (Lipinski definition) is 0. The molecule has 0 aliphatic carbocycles. The molecule has 0 aromatic heterocycles. The second kappa shape index (κ2) is 12.5. The molecule has 0 spiro atoms. The van der Waals surface area contributed by atoms with Gasteiger partial charge in [0.2, 0.25) is 0 Å². The lowest BCUT2D eigenvalue weighted by atomic mass is 9.79. The van der Waals surface area contributed by atoms with Gasteiger partial charge in [0.25, 0.3) is 5.91 Å². The highest BCUT2D eigenvalue weighted by Gasteiger charge is 2.37. The number of amidine groups is 1. The number of hydrogen-bond acceptors (Lipinski definition) is 6. The molecule has 214 valence electrons. The summed E-state index contributed by atoms with van der Waals surface area (Å²) in [6, 6.07) is 13.3. The molecule has 0 saturated carbocycles. The molecule has 2 saturated heterocycles. The minimum atomic E-state index is -0.294. The number of anilines is 1. The van der Waals surface area contributed by atoms with Crippen molar-refractivity contribution < 1.29 is 13.9 Å². The van der Waals surface area contributed by atoms with Crippen LogP contribution in [0.2, 0.25) is 0 Å². The van der Waals surface area contributed by atoms with Crippen molar-refractivity contribution in [1.82, 2.24) is 9.80 Å². The van der Waals surface area contributed by atoms with Crippen molar-refractivity contribution in [2.45, 2.75) is 58.4 Å². The summed E-state index contributed by atoms with van der Waals surface area (Å²) in [4.78, 5) is 25.5. The van der Waals surface area contributed by atoms with Crippen LogP contribution in [0.25, 0.3) is 6.08 Å². The second-order valence-corrected chi connectivity index (χ2v) is 12.6. The molecule has 40 heavy (non-hydrogen) atoms. The minimum absolute atomic E-state index is 0.0311. The number of carbonyl (C=O) groups excluding carboxylic acids is 1. The Morgan fingerprint density at radius 1 is 1.12 bits per heavy atom. The summed E-state index contributed by atoms with van der Waals surface area (Å²) in [7, 11) is 0. The van der Waals surface area contributed by atoms with Crippen molar-refractivity contribution in [3.8, 4) is 0 Å². The first kappa shape index (κ1) is 28.8. The van der Waals surface area contributed by atoms with E-state index in [4.69, 9.17) is 9.73 Å². The number of amides is 1. The molecule has 2 fully saturated rings. The van der Waals surface area contributed by atoms with Crippen molar-refractivity contribution in [1.29, 1.82) is 0 Å². The summed E-state index contributed by atoms with van der Waals surface area (Å²) in [6.45, 7) is 14.6. The molecule has 3 aliphatic heterocycles. The Bertz CT molecular complexity index is 1270. The lowest BCUT2D eigenvalue weighted by Gasteiger charge is -2.47. The number of para-hydroxylation sites is 1. The van der Waals surface area contributed by atoms with E-state index >= 15 is 4.39 Å². The number of benzene rings is 2. The van der Waals surface area contributed by atoms with E-state index in [0.29, 0.717) is 28.1 Å². The fourth-order valence-electron chi connectivity index (χ4n) is 6.10. The van der Waals surface area contributed by atoms with Gasteiger partial charge in [0, 0.05) is 49.5 Å². The highest BCUT2D eigenvalue weighted by molar-refractivity contribution is 8.18. The van der Waals surface area contributed by atoms with Gasteiger partial charge in [-0.2, -0.15) is 0 Å². The lowest BCUT2D eigenvalue weighted by molar-refractivity contribution is -0.122. The molecule has 3 aliphatic rings. The first-order valence-electron chi connectivity index (χ1n) is 14.5. The van der Waals surface area contributed by atoms with Gasteiger partial charge in [0.1, 0.15) is 5.82 Å². The predicted octanol–water partition coefficient (Wildman–Crippen LogP) is 6.65. The van der Waals surface area contributed by atoms with Crippen molar-refractivity contribution in [3.05, 3.63) is 64.3 Å². The summed E-state index contributed by atoms with van der Waals surface area (Å²) in [5, 5.41) is 0.645. The van der Waals surface area contributed by atoms with E-state index < -0.39 is 0 Å². The van der Waals surface area contributed by atoms with E-state index in [0.717, 1.165) is 75.6 Å². The van der Waals surface area contributed by atoms with Crippen LogP contribution < -0.4 is 4.90 Å². The van der Waals surface area contributed by atoms with Gasteiger partial charge in [-0.25, -0.2) is 9.38 Å². The summed E-state index contributed by atoms with van der Waals surface area (Å²) >= 11 is 1.33. The lowest BCUT2D eigenvalue weighted by Crippen LogP contribution is -2.48. The topological polar surface area (TPSA) is 48.4 Å². The third kappa shape index (κ3) is 6.29. The normalized spacial score (nSPS) is 23.3. The van der Waals surface area contributed by atoms with E-state index in [1.165, 1.54) is 11.8 Å². The van der Waals surface area contributed by atoms with Crippen LogP contribution in [-0.4, -0.2) is 72.4 Å². The molecule has 0 bridgehead atoms. The summed E-state index contributed by atoms with van der Waals surface area (Å²) in [6.07, 6.45) is 4.56. The second-order valence-electron chi connectivity index (χ2n) is 11.6. The zero-order chi connectivity index (χ0) is 28.3. The smallest absolute Gasteiger partial charge is 0.266 e. The van der Waals surface area contributed by atoms with Gasteiger partial charge in [-0.05, 0) is 86.7 Å². The number of thioether (sulfide) groups is 1. The first-order valence-corrected chi connectivity index (χ1v) is 15.3. The Balaban J connectivity index is 1.43. The molecule has 2 aromatic rings. The number of morpholine rings is 1. The van der Waals surface area contributed by atoms with Gasteiger partial charge in [0.15, 0.2) is 5.17 Å². The largest absolute Gasteiger partial charge is 0.379 e. The first-order chi connectivity index (χ1) is 19.3. The van der Waals surface area contributed by atoms with E-state index in [-0.39, 0.29) is 17.3 Å². The van der Waals surface area contributed by atoms with Crippen molar-refractivity contribution in [3.63, 3.8) is 0 Å². The number of rotatable bonds is 8. The van der Waals surface area contributed by atoms with Crippen molar-refractivity contribution in [2.24, 2.45) is 4.99 Å². The molecule has 2 aromatic carbocycles. The number of fused-ring (bicyclic) bond motifs is 1. The highest BCUT2D eigenvalue weighted by Crippen LogP contribution is 2.45. The van der Waals surface area contributed by atoms with E-state index in [1.54, 1.807) is 17.0 Å². The average Bonchev–Trinajstić information content (AvgIpc) is 3.21. The standard InChI is InChI=1S/C32H41FN4O2S/c1-5-12-37-28-21-27(33)24(19-26(28)23(2)22-32(37,3)4)20-29-30(38)36(14-9-13-35-15-17-39-18-16-35)31(40-29)34-25-10-7-6-8-11-25/h6-8,10-11,19-21,23H,5,9,12-18,22H2,1-4H3/b29-20+,34-31?. The Kier molecular flexibility index (Phi) is 8.98. The Labute approximate surface area is 242 Å². The summed E-state index contributed by atoms with van der Waals surface area (Å²) in [5.41, 5.74) is 3.36. The van der Waals surface area contributed by atoms with Gasteiger partial charge in [-0.1, -0.05) is 32.0 Å². The zero-order valence-corrected chi connectivity index (χ0v) is 25.0. The maximum absolute atomic E-state index is 15.6. The number of carbonyl (C=O) groups is 1. The molecular formula is C32H41FN4O2S. The van der Waals surface area contributed by atoms with Crippen LogP contribution in [0.15, 0.2) is 52.4 Å². The average molecular weight is 565 g/mol. The Morgan fingerprint density at radius 3 is 2.60 bits per heavy atom. The van der Waals surface area contributed by atoms with E-state index in [9.17, 15) is 4.79 Å². The van der Waals surface area contributed by atoms with Crippen LogP contribution in [0.1, 0.15) is 64.0 Å². The Morgan fingerprint density at radius 2 is 1.88 bits per heavy atom. The van der Waals surface area contributed by atoms with E-state index in [2.05, 4.69) is 37.5 Å². The van der Waals surface area contributed by atoms with Crippen LogP contribution in [-0.2, 0) is 9.53 Å². The number of halogens is 1. The van der Waals surface area contributed by atoms with Gasteiger partial charge in [-0.15, -0.1) is 0 Å². The predicted molar refractivity (Wildman–Crippen MR) is 164 cm³/mol. The van der Waals surface area contributed by atoms with Gasteiger partial charge >= 0.3 is 0 Å². The molecule has 3 heterocycles. The Hall–Kier alpha value is -2.68. The number of ether oxygens (including phenoxy) is 1. The van der Waals surface area contributed by atoms with Gasteiger partial charge in [-0.3, -0.25) is 14.6 Å². The molecule has 0 N–H and O–H groups in total. The van der Waals surface area contributed by atoms with E-state index in [1.807, 2.05) is 36.4 Å². The highest BCUT2D eigenvalue weighted by atomic mass is 32.2. The van der Waals surface area contributed by atoms with Crippen LogP contribution in [0.4, 0.5) is 15.8 Å². The van der Waals surface area contributed by atoms with Crippen molar-refractivity contribution >= 4 is 40.3 Å². The summed E-state index contributed by atoms with van der Waals surface area (Å²) < 4.78 is 21.1. The SMILES string of the molecule is CCCN1c2cc(F)c(/C=C3/SC(=Nc4ccccc4)N(CCCN4CCOCC4)C3=O)cc2C(C)CC1(C)C. The molecule has 0 radical (unpaired) electrons. The molecule has 6 nitrogen and oxygen atoms in total. The third-order valence-corrected chi connectivity index (χ3v) is 9.07. The summed E-state index contributed by atoms with van der Waals surface area (Å²) in [5.74, 6) is -0.104. The molecule has 1 amide bonds. The minimum Gasteiger partial charge on any atom is -0.379 e. The fourth-order valence-corrected chi connectivity index (χ4v) is 7.11. The third-order valence-electron chi connectivity index (χ3n) is 8.07. The van der Waals surface area contributed by atoms with Crippen LogP contribution >= 0.6 is 11.8 Å². The molecular weight excluding hydrogens is 523 g/mol. The van der Waals surface area contributed by atoms with Gasteiger partial charge in [0.05, 0.1) is 23.8 Å². The molecule has 8 heteroatoms. The van der Waals surface area contributed by atoms with Crippen LogP contribution in [0.3, 0.4) is 0 Å². The van der Waals surface area contributed by atoms with Crippen molar-refractivity contribution in [2.75, 3.05) is 50.8 Å². The maximum Gasteiger partial charge on any atom is 0.266 e. The molecule has 1 atom stereocenters. The number of aliphatic imine (C=N–C) groups is 1. The molecule has 1 unspecified atom stereocenters. The molecule has 5 rings (SSSR count). The van der Waals surface area contributed by atoms with Gasteiger partial charge < -0.3 is 9.64 Å².